The van der Waals surface area contributed by atoms with Crippen molar-refractivity contribution in [3.8, 4) is 0 Å². The fourth-order valence-corrected chi connectivity index (χ4v) is 3.81. The van der Waals surface area contributed by atoms with Gasteiger partial charge in [0, 0.05) is 6.26 Å². The number of benzene rings is 1. The first-order valence-electron chi connectivity index (χ1n) is 6.92. The van der Waals surface area contributed by atoms with Crippen molar-refractivity contribution in [2.75, 3.05) is 12.0 Å². The summed E-state index contributed by atoms with van der Waals surface area (Å²) >= 11 is 1.53. The molecule has 4 nitrogen and oxygen atoms in total. The number of carbonyl (C=O) groups excluding carboxylic acids is 1. The summed E-state index contributed by atoms with van der Waals surface area (Å²) in [4.78, 5) is 12.4. The highest BCUT2D eigenvalue weighted by molar-refractivity contribution is 7.90. The molecule has 1 amide bonds. The summed E-state index contributed by atoms with van der Waals surface area (Å²) in [6.45, 7) is 1.82. The zero-order chi connectivity index (χ0) is 16.2. The Morgan fingerprint density at radius 1 is 1.18 bits per heavy atom. The van der Waals surface area contributed by atoms with Crippen LogP contribution in [0.3, 0.4) is 0 Å². The van der Waals surface area contributed by atoms with E-state index in [1.807, 2.05) is 54.1 Å². The second kappa shape index (κ2) is 7.07. The molecule has 0 spiro atoms. The van der Waals surface area contributed by atoms with Gasteiger partial charge in [-0.25, -0.2) is 8.42 Å². The first-order valence-corrected chi connectivity index (χ1v) is 9.92. The number of nitrogens with one attached hydrogen (secondary N) is 1. The molecule has 0 aliphatic rings. The maximum Gasteiger partial charge on any atom is 0.227 e. The standard InChI is InChI=1S/C16H19NO3S2/c1-12(14-8-9-21-10-14)16(18)17-15(11-22(2,19)20)13-6-4-3-5-7-13/h3-10,12,15H,11H2,1-2H3,(H,17,18)/t12-,15+/m1/s1. The van der Waals surface area contributed by atoms with Gasteiger partial charge in [0.15, 0.2) is 0 Å². The van der Waals surface area contributed by atoms with Gasteiger partial charge in [-0.05, 0) is 34.9 Å². The highest BCUT2D eigenvalue weighted by atomic mass is 32.2. The Kier molecular flexibility index (Phi) is 5.37. The SMILES string of the molecule is C[C@@H](C(=O)N[C@@H](CS(C)(=O)=O)c1ccccc1)c1ccsc1. The van der Waals surface area contributed by atoms with E-state index >= 15 is 0 Å². The molecule has 2 atom stereocenters. The Morgan fingerprint density at radius 2 is 1.86 bits per heavy atom. The van der Waals surface area contributed by atoms with E-state index < -0.39 is 15.9 Å². The number of thiophene rings is 1. The fourth-order valence-electron chi connectivity index (χ4n) is 2.18. The summed E-state index contributed by atoms with van der Waals surface area (Å²) in [5.41, 5.74) is 1.73. The van der Waals surface area contributed by atoms with Crippen LogP contribution in [-0.2, 0) is 14.6 Å². The Bertz CT molecular complexity index is 709. The van der Waals surface area contributed by atoms with Crippen LogP contribution in [0, 0.1) is 0 Å². The van der Waals surface area contributed by atoms with Crippen molar-refractivity contribution in [2.24, 2.45) is 0 Å². The van der Waals surface area contributed by atoms with E-state index in [2.05, 4.69) is 5.32 Å². The van der Waals surface area contributed by atoms with Crippen molar-refractivity contribution >= 4 is 27.1 Å². The van der Waals surface area contributed by atoms with E-state index in [9.17, 15) is 13.2 Å². The first kappa shape index (κ1) is 16.7. The lowest BCUT2D eigenvalue weighted by molar-refractivity contribution is -0.122. The average molecular weight is 337 g/mol. The van der Waals surface area contributed by atoms with E-state index in [1.54, 1.807) is 0 Å². The second-order valence-electron chi connectivity index (χ2n) is 5.34. The van der Waals surface area contributed by atoms with E-state index in [4.69, 9.17) is 0 Å². The van der Waals surface area contributed by atoms with Crippen LogP contribution in [-0.4, -0.2) is 26.3 Å². The fraction of sp³-hybridized carbons (Fsp3) is 0.312. The van der Waals surface area contributed by atoms with Crippen LogP contribution in [0.1, 0.15) is 30.0 Å². The zero-order valence-electron chi connectivity index (χ0n) is 12.5. The van der Waals surface area contributed by atoms with Gasteiger partial charge in [-0.3, -0.25) is 4.79 Å². The van der Waals surface area contributed by atoms with Crippen molar-refractivity contribution in [2.45, 2.75) is 18.9 Å². The number of amides is 1. The topological polar surface area (TPSA) is 63.2 Å². The lowest BCUT2D eigenvalue weighted by Crippen LogP contribution is -2.35. The predicted molar refractivity (Wildman–Crippen MR) is 89.8 cm³/mol. The van der Waals surface area contributed by atoms with E-state index in [1.165, 1.54) is 17.6 Å². The Morgan fingerprint density at radius 3 is 2.41 bits per heavy atom. The predicted octanol–water partition coefficient (Wildman–Crippen LogP) is 2.75. The molecule has 0 aliphatic carbocycles. The molecule has 0 fully saturated rings. The third-order valence-electron chi connectivity index (χ3n) is 3.42. The lowest BCUT2D eigenvalue weighted by Gasteiger charge is -2.20. The van der Waals surface area contributed by atoms with Crippen LogP contribution in [0.4, 0.5) is 0 Å². The van der Waals surface area contributed by atoms with Crippen molar-refractivity contribution in [3.63, 3.8) is 0 Å². The van der Waals surface area contributed by atoms with Gasteiger partial charge in [0.2, 0.25) is 5.91 Å². The molecular weight excluding hydrogens is 318 g/mol. The molecule has 1 aromatic carbocycles. The average Bonchev–Trinajstić information content (AvgIpc) is 2.99. The maximum absolute atomic E-state index is 12.4. The minimum absolute atomic E-state index is 0.112. The summed E-state index contributed by atoms with van der Waals surface area (Å²) in [7, 11) is -3.21. The van der Waals surface area contributed by atoms with Gasteiger partial charge in [0.1, 0.15) is 9.84 Å². The van der Waals surface area contributed by atoms with Crippen molar-refractivity contribution < 1.29 is 13.2 Å². The molecule has 0 bridgehead atoms. The minimum Gasteiger partial charge on any atom is -0.348 e. The van der Waals surface area contributed by atoms with Crippen LogP contribution in [0.2, 0.25) is 0 Å². The maximum atomic E-state index is 12.4. The third kappa shape index (κ3) is 4.68. The molecule has 22 heavy (non-hydrogen) atoms. The van der Waals surface area contributed by atoms with Crippen LogP contribution in [0.5, 0.6) is 0 Å². The summed E-state index contributed by atoms with van der Waals surface area (Å²) in [6, 6.07) is 10.5. The zero-order valence-corrected chi connectivity index (χ0v) is 14.2. The normalized spacial score (nSPS) is 14.3. The first-order chi connectivity index (χ1) is 10.4. The molecule has 0 radical (unpaired) electrons. The van der Waals surface area contributed by atoms with Gasteiger partial charge in [-0.15, -0.1) is 0 Å². The molecule has 1 N–H and O–H groups in total. The number of hydrogen-bond acceptors (Lipinski definition) is 4. The Hall–Kier alpha value is -1.66. The molecule has 0 unspecified atom stereocenters. The van der Waals surface area contributed by atoms with Crippen LogP contribution in [0.25, 0.3) is 0 Å². The van der Waals surface area contributed by atoms with Gasteiger partial charge >= 0.3 is 0 Å². The van der Waals surface area contributed by atoms with Gasteiger partial charge in [0.25, 0.3) is 0 Å². The van der Waals surface area contributed by atoms with Crippen molar-refractivity contribution in [1.82, 2.24) is 5.32 Å². The molecule has 0 saturated carbocycles. The molecule has 0 aliphatic heterocycles. The minimum atomic E-state index is -3.21. The highest BCUT2D eigenvalue weighted by Gasteiger charge is 2.23. The molecular formula is C16H19NO3S2. The third-order valence-corrected chi connectivity index (χ3v) is 5.06. The molecule has 1 aromatic heterocycles. The van der Waals surface area contributed by atoms with Crippen LogP contribution < -0.4 is 5.32 Å². The molecule has 118 valence electrons. The Labute approximate surface area is 135 Å². The van der Waals surface area contributed by atoms with E-state index in [0.29, 0.717) is 0 Å². The quantitative estimate of drug-likeness (QED) is 0.881. The number of rotatable bonds is 6. The van der Waals surface area contributed by atoms with Crippen LogP contribution >= 0.6 is 11.3 Å². The summed E-state index contributed by atoms with van der Waals surface area (Å²) in [6.07, 6.45) is 1.18. The Balaban J connectivity index is 2.18. The molecule has 0 saturated heterocycles. The number of sulfone groups is 1. The molecule has 2 aromatic rings. The van der Waals surface area contributed by atoms with Crippen molar-refractivity contribution in [3.05, 3.63) is 58.3 Å². The van der Waals surface area contributed by atoms with Gasteiger partial charge in [-0.1, -0.05) is 30.3 Å². The second-order valence-corrected chi connectivity index (χ2v) is 8.31. The summed E-state index contributed by atoms with van der Waals surface area (Å²) in [5.74, 6) is -0.591. The van der Waals surface area contributed by atoms with E-state index in [-0.39, 0.29) is 17.6 Å². The lowest BCUT2D eigenvalue weighted by atomic mass is 10.0. The molecule has 6 heteroatoms. The van der Waals surface area contributed by atoms with Gasteiger partial charge in [-0.2, -0.15) is 11.3 Å². The van der Waals surface area contributed by atoms with Gasteiger partial charge < -0.3 is 5.32 Å². The van der Waals surface area contributed by atoms with E-state index in [0.717, 1.165) is 11.1 Å². The largest absolute Gasteiger partial charge is 0.348 e. The molecule has 2 rings (SSSR count). The van der Waals surface area contributed by atoms with Crippen LogP contribution in [0.15, 0.2) is 47.2 Å². The smallest absolute Gasteiger partial charge is 0.227 e. The summed E-state index contributed by atoms with van der Waals surface area (Å²) in [5, 5.41) is 6.71. The monoisotopic (exact) mass is 337 g/mol. The number of hydrogen-bond donors (Lipinski definition) is 1. The molecule has 1 heterocycles. The highest BCUT2D eigenvalue weighted by Crippen LogP contribution is 2.21. The summed E-state index contributed by atoms with van der Waals surface area (Å²) < 4.78 is 23.3. The van der Waals surface area contributed by atoms with Crippen molar-refractivity contribution in [1.29, 1.82) is 0 Å². The van der Waals surface area contributed by atoms with Gasteiger partial charge in [0.05, 0.1) is 17.7 Å². The number of carbonyl (C=O) groups is 1.